The summed E-state index contributed by atoms with van der Waals surface area (Å²) in [5.41, 5.74) is 0. The van der Waals surface area contributed by atoms with Crippen LogP contribution in [0, 0.1) is 17.8 Å². The molecule has 3 heterocycles. The SMILES string of the molecule is O=C1CC(CNC2CC(N3CCCC3C3CCC(C(F)(F)F)CC3)N=C=N2)CN1C1CCCC1. The number of carbonyl (C=O) groups excluding carboxylic acids is 1. The van der Waals surface area contributed by atoms with E-state index in [1.807, 2.05) is 0 Å². The Balaban J connectivity index is 1.11. The molecule has 2 saturated heterocycles. The lowest BCUT2D eigenvalue weighted by atomic mass is 9.77. The fourth-order valence-electron chi connectivity index (χ4n) is 7.15. The van der Waals surface area contributed by atoms with Gasteiger partial charge in [-0.2, -0.15) is 13.2 Å². The van der Waals surface area contributed by atoms with Crippen LogP contribution in [-0.2, 0) is 4.79 Å². The summed E-state index contributed by atoms with van der Waals surface area (Å²) in [5.74, 6) is -0.180. The first-order valence-corrected chi connectivity index (χ1v) is 13.4. The van der Waals surface area contributed by atoms with Crippen LogP contribution < -0.4 is 5.32 Å². The lowest BCUT2D eigenvalue weighted by Crippen LogP contribution is -2.47. The molecule has 2 aliphatic carbocycles. The minimum Gasteiger partial charge on any atom is -0.339 e. The number of amides is 1. The molecule has 0 spiro atoms. The van der Waals surface area contributed by atoms with E-state index < -0.39 is 12.1 Å². The second-order valence-corrected chi connectivity index (χ2v) is 11.2. The van der Waals surface area contributed by atoms with Crippen LogP contribution >= 0.6 is 0 Å². The molecule has 0 bridgehead atoms. The fraction of sp³-hybridized carbons (Fsp3) is 0.920. The molecule has 1 N–H and O–H groups in total. The Bertz CT molecular complexity index is 784. The van der Waals surface area contributed by atoms with Crippen molar-refractivity contribution in [1.82, 2.24) is 15.1 Å². The molecule has 4 fully saturated rings. The topological polar surface area (TPSA) is 60.3 Å². The standard InChI is InChI=1S/C25H38F3N5O/c26-25(27,28)19-9-7-18(8-10-19)21-6-3-11-32(21)23-13-22(30-16-31-23)29-14-17-12-24(34)33(15-17)20-4-1-2-5-20/h17-23,29H,1-15H2. The fourth-order valence-corrected chi connectivity index (χ4v) is 7.15. The van der Waals surface area contributed by atoms with Gasteiger partial charge in [-0.25, -0.2) is 9.98 Å². The molecule has 0 aromatic heterocycles. The number of nitrogens with one attached hydrogen (secondary N) is 1. The Morgan fingerprint density at radius 3 is 2.50 bits per heavy atom. The zero-order chi connectivity index (χ0) is 23.7. The van der Waals surface area contributed by atoms with Crippen LogP contribution in [0.15, 0.2) is 9.98 Å². The number of likely N-dealkylation sites (tertiary alicyclic amines) is 2. The average molecular weight is 482 g/mol. The third-order valence-electron chi connectivity index (χ3n) is 9.00. The summed E-state index contributed by atoms with van der Waals surface area (Å²) >= 11 is 0. The number of hydrogen-bond donors (Lipinski definition) is 1. The van der Waals surface area contributed by atoms with Gasteiger partial charge >= 0.3 is 6.18 Å². The van der Waals surface area contributed by atoms with E-state index in [1.165, 1.54) is 12.8 Å². The van der Waals surface area contributed by atoms with Crippen LogP contribution in [-0.4, -0.2) is 71.9 Å². The molecular formula is C25H38F3N5O. The molecule has 4 unspecified atom stereocenters. The first-order chi connectivity index (χ1) is 16.4. The van der Waals surface area contributed by atoms with E-state index in [0.717, 1.165) is 51.7 Å². The second-order valence-electron chi connectivity index (χ2n) is 11.2. The number of carbonyl (C=O) groups is 1. The number of rotatable bonds is 6. The third kappa shape index (κ3) is 5.36. The van der Waals surface area contributed by atoms with E-state index in [0.29, 0.717) is 49.1 Å². The van der Waals surface area contributed by atoms with E-state index >= 15 is 0 Å². The lowest BCUT2D eigenvalue weighted by molar-refractivity contribution is -0.185. The van der Waals surface area contributed by atoms with Gasteiger partial charge < -0.3 is 4.90 Å². The van der Waals surface area contributed by atoms with Gasteiger partial charge in [0.15, 0.2) is 0 Å². The number of alkyl halides is 3. The van der Waals surface area contributed by atoms with Gasteiger partial charge in [-0.3, -0.25) is 15.0 Å². The maximum atomic E-state index is 13.1. The molecule has 3 aliphatic heterocycles. The number of hydrogen-bond acceptors (Lipinski definition) is 5. The van der Waals surface area contributed by atoms with E-state index in [-0.39, 0.29) is 25.2 Å². The van der Waals surface area contributed by atoms with Crippen molar-refractivity contribution >= 4 is 11.9 Å². The maximum Gasteiger partial charge on any atom is 0.391 e. The van der Waals surface area contributed by atoms with E-state index in [2.05, 4.69) is 31.1 Å². The van der Waals surface area contributed by atoms with Gasteiger partial charge in [0.05, 0.1) is 11.9 Å². The lowest BCUT2D eigenvalue weighted by Gasteiger charge is -2.39. The van der Waals surface area contributed by atoms with Crippen LogP contribution in [0.3, 0.4) is 0 Å². The highest BCUT2D eigenvalue weighted by Gasteiger charge is 2.45. The predicted molar refractivity (Wildman–Crippen MR) is 123 cm³/mol. The second kappa shape index (κ2) is 10.3. The van der Waals surface area contributed by atoms with Crippen molar-refractivity contribution in [2.45, 2.75) is 108 Å². The smallest absolute Gasteiger partial charge is 0.339 e. The van der Waals surface area contributed by atoms with Crippen LogP contribution in [0.5, 0.6) is 0 Å². The molecule has 0 aromatic rings. The number of halogens is 3. The Morgan fingerprint density at radius 1 is 1.00 bits per heavy atom. The largest absolute Gasteiger partial charge is 0.391 e. The summed E-state index contributed by atoms with van der Waals surface area (Å²) in [6.45, 7) is 2.56. The molecule has 0 aromatic carbocycles. The van der Waals surface area contributed by atoms with Gasteiger partial charge in [0.1, 0.15) is 12.3 Å². The molecular weight excluding hydrogens is 443 g/mol. The Kier molecular flexibility index (Phi) is 7.33. The summed E-state index contributed by atoms with van der Waals surface area (Å²) in [6, 6.07) is 3.63. The third-order valence-corrected chi connectivity index (χ3v) is 9.00. The van der Waals surface area contributed by atoms with Gasteiger partial charge in [-0.15, -0.1) is 0 Å². The van der Waals surface area contributed by atoms with E-state index in [4.69, 9.17) is 0 Å². The van der Waals surface area contributed by atoms with Crippen molar-refractivity contribution in [3.8, 4) is 0 Å². The quantitative estimate of drug-likeness (QED) is 0.611. The van der Waals surface area contributed by atoms with Crippen LogP contribution in [0.25, 0.3) is 0 Å². The monoisotopic (exact) mass is 481 g/mol. The van der Waals surface area contributed by atoms with Crippen LogP contribution in [0.2, 0.25) is 0 Å². The molecule has 190 valence electrons. The van der Waals surface area contributed by atoms with Crippen molar-refractivity contribution in [1.29, 1.82) is 0 Å². The van der Waals surface area contributed by atoms with Crippen LogP contribution in [0.4, 0.5) is 13.2 Å². The van der Waals surface area contributed by atoms with Gasteiger partial charge in [0, 0.05) is 44.6 Å². The molecule has 6 nitrogen and oxygen atoms in total. The van der Waals surface area contributed by atoms with Gasteiger partial charge in [-0.05, 0) is 63.2 Å². The average Bonchev–Trinajstić information content (AvgIpc) is 3.58. The minimum absolute atomic E-state index is 0.0111. The van der Waals surface area contributed by atoms with Gasteiger partial charge in [-0.1, -0.05) is 12.8 Å². The Labute approximate surface area is 200 Å². The first-order valence-electron chi connectivity index (χ1n) is 13.4. The van der Waals surface area contributed by atoms with Crippen molar-refractivity contribution in [2.75, 3.05) is 19.6 Å². The highest BCUT2D eigenvalue weighted by atomic mass is 19.4. The van der Waals surface area contributed by atoms with Crippen molar-refractivity contribution in [2.24, 2.45) is 27.7 Å². The normalized spacial score (nSPS) is 37.9. The van der Waals surface area contributed by atoms with Crippen molar-refractivity contribution < 1.29 is 18.0 Å². The summed E-state index contributed by atoms with van der Waals surface area (Å²) < 4.78 is 39.3. The zero-order valence-electron chi connectivity index (χ0n) is 20.0. The predicted octanol–water partition coefficient (Wildman–Crippen LogP) is 4.43. The number of nitrogens with zero attached hydrogens (tertiary/aromatic N) is 4. The highest BCUT2D eigenvalue weighted by Crippen LogP contribution is 2.43. The summed E-state index contributed by atoms with van der Waals surface area (Å²) in [4.78, 5) is 26.0. The zero-order valence-corrected chi connectivity index (χ0v) is 20.0. The Hall–Kier alpha value is -1.44. The molecule has 5 rings (SSSR count). The van der Waals surface area contributed by atoms with Crippen LogP contribution in [0.1, 0.15) is 77.0 Å². The molecule has 34 heavy (non-hydrogen) atoms. The molecule has 9 heteroatoms. The van der Waals surface area contributed by atoms with Gasteiger partial charge in [0.25, 0.3) is 0 Å². The van der Waals surface area contributed by atoms with E-state index in [1.54, 1.807) is 0 Å². The first kappa shape index (κ1) is 24.3. The summed E-state index contributed by atoms with van der Waals surface area (Å²) in [5, 5.41) is 3.55. The van der Waals surface area contributed by atoms with Gasteiger partial charge in [0.2, 0.25) is 5.91 Å². The summed E-state index contributed by atoms with van der Waals surface area (Å²) in [6.07, 6.45) is 5.95. The molecule has 5 aliphatic rings. The summed E-state index contributed by atoms with van der Waals surface area (Å²) in [7, 11) is 0. The minimum atomic E-state index is -4.05. The molecule has 2 saturated carbocycles. The molecule has 0 radical (unpaired) electrons. The molecule has 4 atom stereocenters. The molecule has 1 amide bonds. The maximum absolute atomic E-state index is 13.1. The Morgan fingerprint density at radius 2 is 1.76 bits per heavy atom. The number of aliphatic imine (C=N–C) groups is 2. The van der Waals surface area contributed by atoms with Crippen molar-refractivity contribution in [3.63, 3.8) is 0 Å². The van der Waals surface area contributed by atoms with E-state index in [9.17, 15) is 18.0 Å². The van der Waals surface area contributed by atoms with Crippen molar-refractivity contribution in [3.05, 3.63) is 0 Å². The highest BCUT2D eigenvalue weighted by molar-refractivity contribution is 5.79.